The lowest BCUT2D eigenvalue weighted by molar-refractivity contribution is -0.846. The van der Waals surface area contributed by atoms with Gasteiger partial charge in [-0.2, -0.15) is 0 Å². The van der Waals surface area contributed by atoms with Crippen LogP contribution >= 0.6 is 0 Å². The molecule has 2 N–H and O–H groups in total. The molecule has 8 heteroatoms. The van der Waals surface area contributed by atoms with Crippen LogP contribution in [0, 0.1) is 0 Å². The van der Waals surface area contributed by atoms with Gasteiger partial charge in [-0.25, -0.2) is 4.79 Å². The lowest BCUT2D eigenvalue weighted by Gasteiger charge is -2.12. The Morgan fingerprint density at radius 2 is 2.21 bits per heavy atom. The molecule has 3 rings (SSSR count). The van der Waals surface area contributed by atoms with Crippen LogP contribution in [-0.2, 0) is 17.0 Å². The van der Waals surface area contributed by atoms with Crippen molar-refractivity contribution in [2.75, 3.05) is 0 Å². The minimum absolute atomic E-state index is 0.238. The zero-order valence-electron chi connectivity index (χ0n) is 10.1. The maximum Gasteiger partial charge on any atom is 0.410 e. The first-order valence-corrected chi connectivity index (χ1v) is 5.94. The molecule has 1 amide bonds. The van der Waals surface area contributed by atoms with Crippen molar-refractivity contribution in [2.24, 2.45) is 0 Å². The normalized spacial score (nSPS) is 15.8. The van der Waals surface area contributed by atoms with Gasteiger partial charge in [0.15, 0.2) is 0 Å². The number of benzene rings is 1. The van der Waals surface area contributed by atoms with E-state index in [0.29, 0.717) is 0 Å². The zero-order chi connectivity index (χ0) is 13.1. The second-order valence-corrected chi connectivity index (χ2v) is 4.41. The number of hydrogen-bond donors (Lipinski definition) is 2. The molecule has 1 saturated carbocycles. The minimum Gasteiger partial charge on any atom is -0.445 e. The Kier molecular flexibility index (Phi) is 2.82. The highest BCUT2D eigenvalue weighted by Gasteiger charge is 2.53. The average Bonchev–Trinajstić information content (AvgIpc) is 3.01. The average molecular weight is 261 g/mol. The zero-order valence-corrected chi connectivity index (χ0v) is 10.1. The number of rotatable bonds is 4. The van der Waals surface area contributed by atoms with Crippen LogP contribution in [0.15, 0.2) is 30.3 Å². The number of nitrogens with one attached hydrogen (secondary N) is 2. The predicted octanol–water partition coefficient (Wildman–Crippen LogP) is -0.140. The summed E-state index contributed by atoms with van der Waals surface area (Å²) in [6.45, 7) is 0.238. The highest BCUT2D eigenvalue weighted by Crippen LogP contribution is 2.34. The minimum atomic E-state index is -0.558. The van der Waals surface area contributed by atoms with Crippen LogP contribution in [0.3, 0.4) is 0 Å². The summed E-state index contributed by atoms with van der Waals surface area (Å²) in [6, 6.07) is 9.50. The number of hydrogen-bond acceptors (Lipinski definition) is 5. The molecule has 1 fully saturated rings. The third-order valence-corrected chi connectivity index (χ3v) is 2.99. The number of aromatic amines is 1. The van der Waals surface area contributed by atoms with Crippen LogP contribution in [0.1, 0.15) is 18.4 Å². The Labute approximate surface area is 108 Å². The van der Waals surface area contributed by atoms with Gasteiger partial charge in [-0.15, -0.1) is 0 Å². The number of nitrogens with zero attached hydrogens (tertiary/aromatic N) is 4. The molecule has 1 aromatic heterocycles. The van der Waals surface area contributed by atoms with E-state index in [9.17, 15) is 4.79 Å². The van der Waals surface area contributed by atoms with Crippen molar-refractivity contribution in [3.8, 4) is 0 Å². The van der Waals surface area contributed by atoms with Gasteiger partial charge in [0.1, 0.15) is 11.8 Å². The van der Waals surface area contributed by atoms with Gasteiger partial charge in [-0.1, -0.05) is 30.3 Å². The molecule has 0 atom stereocenters. The van der Waals surface area contributed by atoms with Crippen LogP contribution in [0.5, 0.6) is 0 Å². The number of H-pyrrole nitrogens is 1. The van der Waals surface area contributed by atoms with Crippen molar-refractivity contribution in [1.29, 1.82) is 0 Å². The van der Waals surface area contributed by atoms with Gasteiger partial charge in [-0.05, 0) is 15.6 Å². The Bertz CT molecular complexity index is 552. The summed E-state index contributed by atoms with van der Waals surface area (Å²) < 4.78 is 5.16. The van der Waals surface area contributed by atoms with Crippen molar-refractivity contribution in [2.45, 2.75) is 25.1 Å². The first-order valence-electron chi connectivity index (χ1n) is 5.94. The molecule has 0 aliphatic heterocycles. The van der Waals surface area contributed by atoms with Crippen LogP contribution in [-0.4, -0.2) is 26.9 Å². The van der Waals surface area contributed by atoms with Gasteiger partial charge < -0.3 is 4.74 Å². The summed E-state index contributed by atoms with van der Waals surface area (Å²) in [5, 5.41) is 16.1. The number of carbonyl (C=O) groups is 1. The molecule has 0 radical (unpaired) electrons. The molecule has 0 unspecified atom stereocenters. The van der Waals surface area contributed by atoms with Gasteiger partial charge in [0.2, 0.25) is 16.1 Å². The second kappa shape index (κ2) is 4.63. The van der Waals surface area contributed by atoms with E-state index in [1.165, 1.54) is 4.80 Å². The van der Waals surface area contributed by atoms with Crippen molar-refractivity contribution in [3.63, 3.8) is 0 Å². The molecule has 0 spiro atoms. The van der Waals surface area contributed by atoms with E-state index in [0.717, 1.165) is 18.4 Å². The van der Waals surface area contributed by atoms with Crippen molar-refractivity contribution in [3.05, 3.63) is 35.9 Å². The molecule has 8 nitrogen and oxygen atoms in total. The van der Waals surface area contributed by atoms with Crippen LogP contribution in [0.25, 0.3) is 0 Å². The van der Waals surface area contributed by atoms with Gasteiger partial charge in [0.25, 0.3) is 0 Å². The fourth-order valence-electron chi connectivity index (χ4n) is 1.78. The number of amides is 1. The molecular formula is C11H13N6O2+. The largest absolute Gasteiger partial charge is 0.445 e. The Morgan fingerprint density at radius 1 is 1.42 bits per heavy atom. The molecule has 19 heavy (non-hydrogen) atoms. The van der Waals surface area contributed by atoms with Gasteiger partial charge in [0, 0.05) is 12.8 Å². The predicted molar refractivity (Wildman–Crippen MR) is 61.3 cm³/mol. The van der Waals surface area contributed by atoms with Crippen molar-refractivity contribution >= 4 is 6.09 Å². The lowest BCUT2D eigenvalue weighted by Crippen LogP contribution is -2.60. The number of aromatic nitrogens is 5. The highest BCUT2D eigenvalue weighted by atomic mass is 16.5. The van der Waals surface area contributed by atoms with Gasteiger partial charge in [0.05, 0.1) is 0 Å². The highest BCUT2D eigenvalue weighted by molar-refractivity contribution is 5.68. The molecule has 1 aliphatic rings. The molecule has 0 bridgehead atoms. The SMILES string of the molecule is O=C(NC1([n+]2nnn[nH]2)CC1)OCc1ccccc1. The topological polar surface area (TPSA) is 96.7 Å². The number of ether oxygens (including phenoxy) is 1. The van der Waals surface area contributed by atoms with Crippen molar-refractivity contribution < 1.29 is 14.3 Å². The molecule has 1 heterocycles. The van der Waals surface area contributed by atoms with Crippen LogP contribution < -0.4 is 10.1 Å². The third kappa shape index (κ3) is 2.51. The summed E-state index contributed by atoms with van der Waals surface area (Å²) in [4.78, 5) is 13.2. The fraction of sp³-hybridized carbons (Fsp3) is 0.364. The van der Waals surface area contributed by atoms with E-state index >= 15 is 0 Å². The molecule has 0 saturated heterocycles. The first-order chi connectivity index (χ1) is 9.28. The van der Waals surface area contributed by atoms with Gasteiger partial charge in [-0.3, -0.25) is 5.32 Å². The molecule has 2 aromatic rings. The molecule has 1 aliphatic carbocycles. The summed E-state index contributed by atoms with van der Waals surface area (Å²) in [6.07, 6.45) is 1.06. The lowest BCUT2D eigenvalue weighted by atomic mass is 10.2. The van der Waals surface area contributed by atoms with Crippen LogP contribution in [0.4, 0.5) is 4.79 Å². The molecular weight excluding hydrogens is 248 g/mol. The smallest absolute Gasteiger partial charge is 0.410 e. The van der Waals surface area contributed by atoms with E-state index in [1.807, 2.05) is 30.3 Å². The summed E-state index contributed by atoms with van der Waals surface area (Å²) >= 11 is 0. The number of alkyl carbamates (subject to hydrolysis) is 1. The van der Waals surface area contributed by atoms with Gasteiger partial charge >= 0.3 is 6.09 Å². The standard InChI is InChI=1S/C11H12N6O2/c18-10(19-8-9-4-2-1-3-5-9)12-11(6-7-11)17-15-13-14-16-17/h1-5H,6-8H2,(H,12,18)/p+1. The fourth-order valence-corrected chi connectivity index (χ4v) is 1.78. The van der Waals surface area contributed by atoms with E-state index < -0.39 is 11.8 Å². The van der Waals surface area contributed by atoms with E-state index in [2.05, 4.69) is 26.2 Å². The first kappa shape index (κ1) is 11.6. The quantitative estimate of drug-likeness (QED) is 0.747. The maximum absolute atomic E-state index is 11.7. The van der Waals surface area contributed by atoms with E-state index in [1.54, 1.807) is 0 Å². The second-order valence-electron chi connectivity index (χ2n) is 4.41. The third-order valence-electron chi connectivity index (χ3n) is 2.99. The van der Waals surface area contributed by atoms with E-state index in [-0.39, 0.29) is 6.61 Å². The summed E-state index contributed by atoms with van der Waals surface area (Å²) in [5.41, 5.74) is 0.383. The van der Waals surface area contributed by atoms with E-state index in [4.69, 9.17) is 4.74 Å². The monoisotopic (exact) mass is 261 g/mol. The van der Waals surface area contributed by atoms with Crippen LogP contribution in [0.2, 0.25) is 0 Å². The Hall–Kier alpha value is -2.51. The Balaban J connectivity index is 1.55. The molecule has 1 aromatic carbocycles. The van der Waals surface area contributed by atoms with Crippen molar-refractivity contribution in [1.82, 2.24) is 26.2 Å². The summed E-state index contributed by atoms with van der Waals surface area (Å²) in [5.74, 6) is 0. The summed E-state index contributed by atoms with van der Waals surface area (Å²) in [7, 11) is 0. The number of carbonyl (C=O) groups excluding carboxylic acids is 1. The molecule has 98 valence electrons. The Morgan fingerprint density at radius 3 is 2.84 bits per heavy atom. The maximum atomic E-state index is 11.7.